The number of aliphatic hydroxyl groups is 1. The molecule has 1 fully saturated rings. The predicted molar refractivity (Wildman–Crippen MR) is 94.2 cm³/mol. The van der Waals surface area contributed by atoms with Crippen LogP contribution >= 0.6 is 0 Å². The summed E-state index contributed by atoms with van der Waals surface area (Å²) in [6.07, 6.45) is -0.747. The first-order chi connectivity index (χ1) is 12.1. The van der Waals surface area contributed by atoms with E-state index in [0.29, 0.717) is 25.4 Å². The lowest BCUT2D eigenvalue weighted by Gasteiger charge is -2.34. The second-order valence-corrected chi connectivity index (χ2v) is 6.43. The number of benzene rings is 2. The smallest absolute Gasteiger partial charge is 0.124 e. The predicted octanol–water partition coefficient (Wildman–Crippen LogP) is 3.25. The summed E-state index contributed by atoms with van der Waals surface area (Å²) in [5.74, 6) is 0.444. The van der Waals surface area contributed by atoms with Gasteiger partial charge in [0, 0.05) is 25.2 Å². The Kier molecular flexibility index (Phi) is 5.68. The standard InChI is InChI=1S/C20H24FNO3/c1-14-3-8-19(24-2)17(11-14)18(23)12-22-9-10-25-20(13-22)15-4-6-16(21)7-5-15/h3-8,11,18,20,23H,9-10,12-13H2,1-2H3/t18-,20+/m0/s1. The minimum absolute atomic E-state index is 0.110. The van der Waals surface area contributed by atoms with E-state index in [9.17, 15) is 9.50 Å². The van der Waals surface area contributed by atoms with Gasteiger partial charge in [-0.2, -0.15) is 0 Å². The van der Waals surface area contributed by atoms with Crippen molar-refractivity contribution in [1.29, 1.82) is 0 Å². The van der Waals surface area contributed by atoms with Crippen molar-refractivity contribution in [3.05, 3.63) is 65.0 Å². The molecule has 1 saturated heterocycles. The van der Waals surface area contributed by atoms with Crippen molar-refractivity contribution in [3.63, 3.8) is 0 Å². The lowest BCUT2D eigenvalue weighted by Crippen LogP contribution is -2.40. The Labute approximate surface area is 147 Å². The van der Waals surface area contributed by atoms with E-state index < -0.39 is 6.10 Å². The highest BCUT2D eigenvalue weighted by Gasteiger charge is 2.25. The van der Waals surface area contributed by atoms with Crippen molar-refractivity contribution in [3.8, 4) is 5.75 Å². The first-order valence-electron chi connectivity index (χ1n) is 8.49. The molecule has 1 N–H and O–H groups in total. The molecule has 3 rings (SSSR count). The number of hydrogen-bond acceptors (Lipinski definition) is 4. The van der Waals surface area contributed by atoms with Crippen LogP contribution in [0.15, 0.2) is 42.5 Å². The maximum absolute atomic E-state index is 13.1. The molecule has 0 aromatic heterocycles. The van der Waals surface area contributed by atoms with Crippen LogP contribution in [0.4, 0.5) is 4.39 Å². The summed E-state index contributed by atoms with van der Waals surface area (Å²) in [6.45, 7) is 4.50. The molecule has 1 aliphatic heterocycles. The van der Waals surface area contributed by atoms with Crippen LogP contribution in [0.25, 0.3) is 0 Å². The fourth-order valence-electron chi connectivity index (χ4n) is 3.20. The molecule has 0 unspecified atom stereocenters. The van der Waals surface area contributed by atoms with E-state index in [-0.39, 0.29) is 11.9 Å². The average molecular weight is 345 g/mol. The van der Waals surface area contributed by atoms with Crippen LogP contribution < -0.4 is 4.74 Å². The van der Waals surface area contributed by atoms with Crippen molar-refractivity contribution >= 4 is 0 Å². The van der Waals surface area contributed by atoms with Crippen LogP contribution in [-0.2, 0) is 4.74 Å². The lowest BCUT2D eigenvalue weighted by molar-refractivity contribution is -0.0425. The van der Waals surface area contributed by atoms with E-state index in [2.05, 4.69) is 4.90 Å². The molecule has 2 aromatic rings. The minimum Gasteiger partial charge on any atom is -0.496 e. The molecule has 0 amide bonds. The topological polar surface area (TPSA) is 41.9 Å². The quantitative estimate of drug-likeness (QED) is 0.903. The highest BCUT2D eigenvalue weighted by molar-refractivity contribution is 5.38. The molecule has 5 heteroatoms. The largest absolute Gasteiger partial charge is 0.496 e. The number of aryl methyl sites for hydroxylation is 1. The van der Waals surface area contributed by atoms with Crippen LogP contribution in [-0.4, -0.2) is 43.4 Å². The van der Waals surface area contributed by atoms with Gasteiger partial charge >= 0.3 is 0 Å². The van der Waals surface area contributed by atoms with Gasteiger partial charge in [-0.15, -0.1) is 0 Å². The Morgan fingerprint density at radius 1 is 1.28 bits per heavy atom. The first kappa shape index (κ1) is 17.9. The maximum atomic E-state index is 13.1. The molecule has 2 atom stereocenters. The number of hydrogen-bond donors (Lipinski definition) is 1. The second-order valence-electron chi connectivity index (χ2n) is 6.43. The highest BCUT2D eigenvalue weighted by Crippen LogP contribution is 2.29. The third-order valence-electron chi connectivity index (χ3n) is 4.57. The molecule has 25 heavy (non-hydrogen) atoms. The monoisotopic (exact) mass is 345 g/mol. The SMILES string of the molecule is COc1ccc(C)cc1[C@@H](O)CN1CCO[C@@H](c2ccc(F)cc2)C1. The summed E-state index contributed by atoms with van der Waals surface area (Å²) < 4.78 is 24.3. The number of methoxy groups -OCH3 is 1. The molecule has 2 aromatic carbocycles. The molecule has 0 radical (unpaired) electrons. The van der Waals surface area contributed by atoms with Gasteiger partial charge in [-0.25, -0.2) is 4.39 Å². The number of ether oxygens (including phenoxy) is 2. The average Bonchev–Trinajstić information content (AvgIpc) is 2.62. The van der Waals surface area contributed by atoms with E-state index in [1.54, 1.807) is 19.2 Å². The van der Waals surface area contributed by atoms with Crippen LogP contribution in [0.5, 0.6) is 5.75 Å². The third kappa shape index (κ3) is 4.37. The second kappa shape index (κ2) is 7.95. The van der Waals surface area contributed by atoms with Gasteiger partial charge in [-0.3, -0.25) is 4.90 Å². The van der Waals surface area contributed by atoms with Crippen LogP contribution in [0.1, 0.15) is 28.9 Å². The van der Waals surface area contributed by atoms with Crippen molar-refractivity contribution < 1.29 is 19.0 Å². The Morgan fingerprint density at radius 2 is 2.04 bits per heavy atom. The number of aliphatic hydroxyl groups excluding tert-OH is 1. The van der Waals surface area contributed by atoms with E-state index in [1.165, 1.54) is 12.1 Å². The summed E-state index contributed by atoms with van der Waals surface area (Å²) in [7, 11) is 1.61. The van der Waals surface area contributed by atoms with Gasteiger partial charge in [-0.1, -0.05) is 23.8 Å². The molecule has 0 bridgehead atoms. The van der Waals surface area contributed by atoms with Crippen molar-refractivity contribution in [2.24, 2.45) is 0 Å². The maximum Gasteiger partial charge on any atom is 0.124 e. The first-order valence-corrected chi connectivity index (χ1v) is 8.49. The Bertz CT molecular complexity index is 705. The van der Waals surface area contributed by atoms with Gasteiger partial charge in [-0.05, 0) is 36.8 Å². The molecule has 4 nitrogen and oxygen atoms in total. The normalized spacial score (nSPS) is 19.6. The highest BCUT2D eigenvalue weighted by atomic mass is 19.1. The van der Waals surface area contributed by atoms with Crippen LogP contribution in [0.3, 0.4) is 0 Å². The van der Waals surface area contributed by atoms with E-state index in [1.807, 2.05) is 25.1 Å². The number of nitrogens with zero attached hydrogens (tertiary/aromatic N) is 1. The van der Waals surface area contributed by atoms with Crippen molar-refractivity contribution in [1.82, 2.24) is 4.90 Å². The zero-order chi connectivity index (χ0) is 17.8. The molecule has 0 saturated carbocycles. The number of rotatable bonds is 5. The molecule has 134 valence electrons. The molecular weight excluding hydrogens is 321 g/mol. The zero-order valence-electron chi connectivity index (χ0n) is 14.6. The van der Waals surface area contributed by atoms with Gasteiger partial charge in [0.2, 0.25) is 0 Å². The van der Waals surface area contributed by atoms with E-state index in [4.69, 9.17) is 9.47 Å². The van der Waals surface area contributed by atoms with Crippen molar-refractivity contribution in [2.45, 2.75) is 19.1 Å². The molecule has 0 aliphatic carbocycles. The van der Waals surface area contributed by atoms with Gasteiger partial charge in [0.15, 0.2) is 0 Å². The van der Waals surface area contributed by atoms with Gasteiger partial charge in [0.1, 0.15) is 11.6 Å². The molecule has 1 heterocycles. The molecule has 0 spiro atoms. The summed E-state index contributed by atoms with van der Waals surface area (Å²) in [4.78, 5) is 2.17. The zero-order valence-corrected chi connectivity index (χ0v) is 14.6. The Morgan fingerprint density at radius 3 is 2.76 bits per heavy atom. The summed E-state index contributed by atoms with van der Waals surface area (Å²) in [5, 5.41) is 10.7. The fraction of sp³-hybridized carbons (Fsp3) is 0.400. The number of β-amino-alcohol motifs (C(OH)–C–C–N with tert-alkyl or cyclic N) is 1. The third-order valence-corrected chi connectivity index (χ3v) is 4.57. The van der Waals surface area contributed by atoms with Gasteiger partial charge in [0.05, 0.1) is 25.9 Å². The minimum atomic E-state index is -0.637. The number of halogens is 1. The Balaban J connectivity index is 1.68. The van der Waals surface area contributed by atoms with E-state index >= 15 is 0 Å². The van der Waals surface area contributed by atoms with Gasteiger partial charge < -0.3 is 14.6 Å². The molecular formula is C20H24FNO3. The summed E-state index contributed by atoms with van der Waals surface area (Å²) in [6, 6.07) is 12.2. The van der Waals surface area contributed by atoms with Crippen molar-refractivity contribution in [2.75, 3.05) is 33.4 Å². The van der Waals surface area contributed by atoms with Gasteiger partial charge in [0.25, 0.3) is 0 Å². The van der Waals surface area contributed by atoms with E-state index in [0.717, 1.165) is 23.2 Å². The number of morpholine rings is 1. The summed E-state index contributed by atoms with van der Waals surface area (Å²) >= 11 is 0. The fourth-order valence-corrected chi connectivity index (χ4v) is 3.20. The Hall–Kier alpha value is -1.95. The summed E-state index contributed by atoms with van der Waals surface area (Å²) in [5.41, 5.74) is 2.84. The van der Waals surface area contributed by atoms with Crippen LogP contribution in [0, 0.1) is 12.7 Å². The molecule has 1 aliphatic rings. The van der Waals surface area contributed by atoms with Crippen LogP contribution in [0.2, 0.25) is 0 Å². The lowest BCUT2D eigenvalue weighted by atomic mass is 10.0.